The Bertz CT molecular complexity index is 429. The van der Waals surface area contributed by atoms with Gasteiger partial charge in [-0.2, -0.15) is 0 Å². The fraction of sp³-hybridized carbons (Fsp3) is 0.545. The summed E-state index contributed by atoms with van der Waals surface area (Å²) in [7, 11) is -2.82. The molecule has 4 nitrogen and oxygen atoms in total. The van der Waals surface area contributed by atoms with E-state index in [4.69, 9.17) is 5.73 Å². The summed E-state index contributed by atoms with van der Waals surface area (Å²) in [4.78, 5) is 3.90. The van der Waals surface area contributed by atoms with Gasteiger partial charge in [0.1, 0.15) is 15.7 Å². The maximum absolute atomic E-state index is 11.2. The van der Waals surface area contributed by atoms with Crippen LogP contribution in [0, 0.1) is 0 Å². The van der Waals surface area contributed by atoms with Crippen molar-refractivity contribution in [2.24, 2.45) is 0 Å². The lowest BCUT2D eigenvalue weighted by molar-refractivity contribution is 0.592. The number of aryl methyl sites for hydroxylation is 1. The number of hydrogen-bond donors (Lipinski definition) is 1. The Hall–Kier alpha value is -1.10. The Morgan fingerprint density at radius 1 is 1.38 bits per heavy atom. The van der Waals surface area contributed by atoms with Crippen molar-refractivity contribution in [3.8, 4) is 0 Å². The molecule has 1 aromatic heterocycles. The lowest BCUT2D eigenvalue weighted by Gasteiger charge is -2.02. The molecule has 0 fully saturated rings. The van der Waals surface area contributed by atoms with Crippen molar-refractivity contribution in [2.45, 2.75) is 26.2 Å². The third-order valence-corrected chi connectivity index (χ3v) is 4.25. The summed E-state index contributed by atoms with van der Waals surface area (Å²) in [5, 5.41) is 0. The second kappa shape index (κ2) is 5.84. The van der Waals surface area contributed by atoms with Crippen molar-refractivity contribution in [1.82, 2.24) is 4.98 Å². The van der Waals surface area contributed by atoms with Gasteiger partial charge in [0.05, 0.1) is 5.75 Å². The van der Waals surface area contributed by atoms with Crippen LogP contribution in [-0.4, -0.2) is 24.9 Å². The van der Waals surface area contributed by atoms with Crippen LogP contribution in [0.3, 0.4) is 0 Å². The minimum absolute atomic E-state index is 0.231. The number of nitrogen functional groups attached to an aromatic ring is 1. The fourth-order valence-corrected chi connectivity index (χ4v) is 2.38. The van der Waals surface area contributed by atoms with Crippen LogP contribution < -0.4 is 5.73 Å². The van der Waals surface area contributed by atoms with Crippen LogP contribution in [-0.2, 0) is 16.3 Å². The molecule has 0 aliphatic heterocycles. The number of nitrogens with two attached hydrogens (primary N) is 1. The standard InChI is InChI=1S/C11H18N2O2S/c1-2-16(14,15)8-4-3-5-10-6-7-13-11(12)9-10/h6-7,9H,2-5,8H2,1H3,(H2,12,13). The summed E-state index contributed by atoms with van der Waals surface area (Å²) >= 11 is 0. The average molecular weight is 242 g/mol. The zero-order valence-corrected chi connectivity index (χ0v) is 10.3. The molecule has 1 rings (SSSR count). The summed E-state index contributed by atoms with van der Waals surface area (Å²) in [5.74, 6) is 1.03. The Morgan fingerprint density at radius 2 is 2.12 bits per heavy atom. The Morgan fingerprint density at radius 3 is 2.75 bits per heavy atom. The largest absolute Gasteiger partial charge is 0.384 e. The molecule has 5 heteroatoms. The van der Waals surface area contributed by atoms with Gasteiger partial charge in [-0.15, -0.1) is 0 Å². The Kier molecular flexibility index (Phi) is 4.73. The van der Waals surface area contributed by atoms with Crippen LogP contribution in [0.25, 0.3) is 0 Å². The third-order valence-electron chi connectivity index (χ3n) is 2.46. The van der Waals surface area contributed by atoms with Gasteiger partial charge in [0.2, 0.25) is 0 Å². The monoisotopic (exact) mass is 242 g/mol. The molecule has 0 saturated heterocycles. The van der Waals surface area contributed by atoms with Crippen molar-refractivity contribution in [1.29, 1.82) is 0 Å². The topological polar surface area (TPSA) is 73.0 Å². The van der Waals surface area contributed by atoms with E-state index in [1.54, 1.807) is 13.1 Å². The highest BCUT2D eigenvalue weighted by molar-refractivity contribution is 7.91. The summed E-state index contributed by atoms with van der Waals surface area (Å²) in [5.41, 5.74) is 6.66. The minimum Gasteiger partial charge on any atom is -0.384 e. The molecular formula is C11H18N2O2S. The van der Waals surface area contributed by atoms with Crippen LogP contribution in [0.5, 0.6) is 0 Å². The van der Waals surface area contributed by atoms with Gasteiger partial charge >= 0.3 is 0 Å². The van der Waals surface area contributed by atoms with Crippen molar-refractivity contribution in [3.05, 3.63) is 23.9 Å². The van der Waals surface area contributed by atoms with E-state index in [0.29, 0.717) is 12.2 Å². The molecule has 16 heavy (non-hydrogen) atoms. The van der Waals surface area contributed by atoms with E-state index in [1.165, 1.54) is 0 Å². The van der Waals surface area contributed by atoms with Gasteiger partial charge in [-0.3, -0.25) is 0 Å². The lowest BCUT2D eigenvalue weighted by Crippen LogP contribution is -2.08. The molecule has 0 aliphatic rings. The number of unbranched alkanes of at least 4 members (excludes halogenated alkanes) is 1. The third kappa shape index (κ3) is 4.61. The maximum Gasteiger partial charge on any atom is 0.150 e. The highest BCUT2D eigenvalue weighted by Gasteiger charge is 2.06. The molecule has 0 saturated carbocycles. The molecule has 0 amide bonds. The first-order valence-electron chi connectivity index (χ1n) is 5.44. The van der Waals surface area contributed by atoms with E-state index in [9.17, 15) is 8.42 Å². The van der Waals surface area contributed by atoms with E-state index in [1.807, 2.05) is 12.1 Å². The van der Waals surface area contributed by atoms with E-state index >= 15 is 0 Å². The van der Waals surface area contributed by atoms with Crippen molar-refractivity contribution < 1.29 is 8.42 Å². The molecule has 1 heterocycles. The summed E-state index contributed by atoms with van der Waals surface area (Å²) in [6.07, 6.45) is 4.10. The molecule has 0 radical (unpaired) electrons. The van der Waals surface area contributed by atoms with Crippen LogP contribution in [0.15, 0.2) is 18.3 Å². The molecule has 0 aromatic carbocycles. The first kappa shape index (κ1) is 13.0. The summed E-state index contributed by atoms with van der Waals surface area (Å²) in [6, 6.07) is 3.74. The van der Waals surface area contributed by atoms with Gasteiger partial charge in [-0.1, -0.05) is 6.92 Å². The van der Waals surface area contributed by atoms with Gasteiger partial charge in [-0.05, 0) is 37.0 Å². The van der Waals surface area contributed by atoms with E-state index < -0.39 is 9.84 Å². The molecule has 2 N–H and O–H groups in total. The SMILES string of the molecule is CCS(=O)(=O)CCCCc1ccnc(N)c1. The van der Waals surface area contributed by atoms with Crippen molar-refractivity contribution >= 4 is 15.7 Å². The number of rotatable bonds is 6. The molecular weight excluding hydrogens is 224 g/mol. The Balaban J connectivity index is 2.32. The number of nitrogens with zero attached hydrogens (tertiary/aromatic N) is 1. The van der Waals surface area contributed by atoms with Gasteiger partial charge in [-0.25, -0.2) is 13.4 Å². The van der Waals surface area contributed by atoms with Crippen molar-refractivity contribution in [3.63, 3.8) is 0 Å². The number of anilines is 1. The van der Waals surface area contributed by atoms with Gasteiger partial charge in [0.15, 0.2) is 0 Å². The predicted molar refractivity (Wildman–Crippen MR) is 65.9 cm³/mol. The van der Waals surface area contributed by atoms with Gasteiger partial charge in [0, 0.05) is 11.9 Å². The van der Waals surface area contributed by atoms with Crippen LogP contribution >= 0.6 is 0 Å². The Labute approximate surface area is 96.8 Å². The maximum atomic E-state index is 11.2. The molecule has 0 unspecified atom stereocenters. The molecule has 90 valence electrons. The fourth-order valence-electron chi connectivity index (χ4n) is 1.45. The van der Waals surface area contributed by atoms with Gasteiger partial charge < -0.3 is 5.73 Å². The second-order valence-electron chi connectivity index (χ2n) is 3.78. The zero-order valence-electron chi connectivity index (χ0n) is 9.52. The van der Waals surface area contributed by atoms with E-state index in [0.717, 1.165) is 18.4 Å². The second-order valence-corrected chi connectivity index (χ2v) is 6.26. The van der Waals surface area contributed by atoms with Crippen LogP contribution in [0.4, 0.5) is 5.82 Å². The number of sulfone groups is 1. The normalized spacial score (nSPS) is 11.6. The predicted octanol–water partition coefficient (Wildman–Crippen LogP) is 1.42. The van der Waals surface area contributed by atoms with Crippen LogP contribution in [0.2, 0.25) is 0 Å². The average Bonchev–Trinajstić information content (AvgIpc) is 2.25. The molecule has 1 aromatic rings. The lowest BCUT2D eigenvalue weighted by atomic mass is 10.1. The molecule has 0 aliphatic carbocycles. The number of pyridine rings is 1. The summed E-state index contributed by atoms with van der Waals surface area (Å²) in [6.45, 7) is 1.68. The van der Waals surface area contributed by atoms with Crippen molar-refractivity contribution in [2.75, 3.05) is 17.2 Å². The molecule has 0 atom stereocenters. The highest BCUT2D eigenvalue weighted by atomic mass is 32.2. The van der Waals surface area contributed by atoms with E-state index in [2.05, 4.69) is 4.98 Å². The zero-order chi connectivity index (χ0) is 12.0. The first-order chi connectivity index (χ1) is 7.53. The number of aromatic nitrogens is 1. The smallest absolute Gasteiger partial charge is 0.150 e. The minimum atomic E-state index is -2.82. The van der Waals surface area contributed by atoms with Gasteiger partial charge in [0.25, 0.3) is 0 Å². The number of hydrogen-bond acceptors (Lipinski definition) is 4. The quantitative estimate of drug-likeness (QED) is 0.766. The summed E-state index contributed by atoms with van der Waals surface area (Å²) < 4.78 is 22.5. The van der Waals surface area contributed by atoms with Crippen LogP contribution in [0.1, 0.15) is 25.3 Å². The molecule has 0 bridgehead atoms. The van der Waals surface area contributed by atoms with E-state index in [-0.39, 0.29) is 11.5 Å². The first-order valence-corrected chi connectivity index (χ1v) is 7.26. The molecule has 0 spiro atoms. The highest BCUT2D eigenvalue weighted by Crippen LogP contribution is 2.08.